The highest BCUT2D eigenvalue weighted by Crippen LogP contribution is 2.40. The third-order valence-electron chi connectivity index (χ3n) is 7.86. The summed E-state index contributed by atoms with van der Waals surface area (Å²) in [5, 5.41) is 0. The molecule has 0 aromatic heterocycles. The molecule has 0 aliphatic carbocycles. The van der Waals surface area contributed by atoms with Crippen molar-refractivity contribution in [1.82, 2.24) is 0 Å². The summed E-state index contributed by atoms with van der Waals surface area (Å²) in [6.45, 7) is 22.3. The van der Waals surface area contributed by atoms with Crippen LogP contribution in [0.25, 0.3) is 0 Å². The first-order chi connectivity index (χ1) is 21.6. The first-order valence-electron chi connectivity index (χ1n) is 15.3. The van der Waals surface area contributed by atoms with Crippen molar-refractivity contribution in [3.05, 3.63) is 105 Å². The van der Waals surface area contributed by atoms with E-state index in [1.54, 1.807) is 59.8 Å². The van der Waals surface area contributed by atoms with Gasteiger partial charge in [-0.15, -0.1) is 0 Å². The Balaban J connectivity index is 2.24. The second-order valence-electron chi connectivity index (χ2n) is 11.5. The SMILES string of the molecule is C/C=C(\C)C(=O)Oc1c(C)cc([S+](c2cc(C)c(OC(=O)/C(C)=C/C)c(C)c2)c2cc(C)c(OC(=O)/C(C)=C/C)c(C)c2)cc1C. The summed E-state index contributed by atoms with van der Waals surface area (Å²) in [5.74, 6) is 0.489. The smallest absolute Gasteiger partial charge is 0.338 e. The molecule has 0 spiro atoms. The zero-order chi connectivity index (χ0) is 34.5. The number of carbonyl (C=O) groups excluding carboxylic acids is 3. The second kappa shape index (κ2) is 15.3. The summed E-state index contributed by atoms with van der Waals surface area (Å²) in [5.41, 5.74) is 6.65. The van der Waals surface area contributed by atoms with Crippen molar-refractivity contribution >= 4 is 28.8 Å². The van der Waals surface area contributed by atoms with E-state index in [1.807, 2.05) is 41.5 Å². The Kier molecular flexibility index (Phi) is 12.0. The highest BCUT2D eigenvalue weighted by molar-refractivity contribution is 7.97. The number of allylic oxidation sites excluding steroid dienone is 3. The van der Waals surface area contributed by atoms with Crippen LogP contribution in [-0.4, -0.2) is 17.9 Å². The zero-order valence-electron chi connectivity index (χ0n) is 29.1. The molecule has 0 radical (unpaired) electrons. The van der Waals surface area contributed by atoms with Gasteiger partial charge in [0.1, 0.15) is 17.2 Å². The Morgan fingerprint density at radius 2 is 0.652 bits per heavy atom. The van der Waals surface area contributed by atoms with Crippen LogP contribution in [0.4, 0.5) is 0 Å². The van der Waals surface area contributed by atoms with Crippen molar-refractivity contribution in [2.24, 2.45) is 0 Å². The molecule has 7 heteroatoms. The Labute approximate surface area is 276 Å². The normalized spacial score (nSPS) is 12.3. The molecule has 3 rings (SSSR count). The number of rotatable bonds is 9. The van der Waals surface area contributed by atoms with Gasteiger partial charge in [0, 0.05) is 53.1 Å². The average molecular weight is 642 g/mol. The van der Waals surface area contributed by atoms with E-state index in [9.17, 15) is 14.4 Å². The van der Waals surface area contributed by atoms with E-state index < -0.39 is 10.9 Å². The van der Waals surface area contributed by atoms with Crippen LogP contribution < -0.4 is 14.2 Å². The third-order valence-corrected chi connectivity index (χ3v) is 9.98. The molecule has 0 saturated heterocycles. The predicted molar refractivity (Wildman–Crippen MR) is 185 cm³/mol. The van der Waals surface area contributed by atoms with Gasteiger partial charge in [0.25, 0.3) is 0 Å². The predicted octanol–water partition coefficient (Wildman–Crippen LogP) is 9.25. The molecule has 242 valence electrons. The maximum atomic E-state index is 12.6. The van der Waals surface area contributed by atoms with E-state index in [-0.39, 0.29) is 17.9 Å². The van der Waals surface area contributed by atoms with Gasteiger partial charge in [0.15, 0.2) is 14.7 Å². The van der Waals surface area contributed by atoms with E-state index >= 15 is 0 Å². The Morgan fingerprint density at radius 3 is 0.826 bits per heavy atom. The van der Waals surface area contributed by atoms with Crippen LogP contribution >= 0.6 is 0 Å². The monoisotopic (exact) mass is 641 g/mol. The highest BCUT2D eigenvalue weighted by Gasteiger charge is 2.33. The van der Waals surface area contributed by atoms with Gasteiger partial charge < -0.3 is 14.2 Å². The fraction of sp³-hybridized carbons (Fsp3) is 0.308. The Morgan fingerprint density at radius 1 is 0.457 bits per heavy atom. The Bertz CT molecular complexity index is 1510. The lowest BCUT2D eigenvalue weighted by molar-refractivity contribution is -0.131. The summed E-state index contributed by atoms with van der Waals surface area (Å²) in [6, 6.07) is 12.4. The van der Waals surface area contributed by atoms with Crippen molar-refractivity contribution in [2.45, 2.75) is 97.8 Å². The maximum absolute atomic E-state index is 12.6. The van der Waals surface area contributed by atoms with Crippen molar-refractivity contribution in [2.75, 3.05) is 0 Å². The fourth-order valence-electron chi connectivity index (χ4n) is 4.85. The molecule has 0 aliphatic rings. The molecule has 0 atom stereocenters. The van der Waals surface area contributed by atoms with E-state index in [4.69, 9.17) is 14.2 Å². The topological polar surface area (TPSA) is 78.9 Å². The number of esters is 3. The van der Waals surface area contributed by atoms with E-state index in [0.717, 1.165) is 48.1 Å². The molecule has 0 amide bonds. The highest BCUT2D eigenvalue weighted by atomic mass is 32.2. The van der Waals surface area contributed by atoms with Crippen molar-refractivity contribution in [1.29, 1.82) is 0 Å². The Hall–Kier alpha value is -4.36. The first kappa shape index (κ1) is 36.1. The molecule has 0 fully saturated rings. The van der Waals surface area contributed by atoms with Crippen LogP contribution in [-0.2, 0) is 25.3 Å². The summed E-state index contributed by atoms with van der Waals surface area (Å²) in [7, 11) is -0.626. The van der Waals surface area contributed by atoms with Gasteiger partial charge in [-0.25, -0.2) is 14.4 Å². The van der Waals surface area contributed by atoms with Crippen LogP contribution in [0.1, 0.15) is 74.9 Å². The molecule has 0 heterocycles. The average Bonchev–Trinajstić information content (AvgIpc) is 3.00. The van der Waals surface area contributed by atoms with E-state index in [1.165, 1.54) is 0 Å². The summed E-state index contributed by atoms with van der Waals surface area (Å²) in [6.07, 6.45) is 5.20. The lowest BCUT2D eigenvalue weighted by Crippen LogP contribution is -2.14. The molecule has 46 heavy (non-hydrogen) atoms. The molecule has 0 saturated carbocycles. The molecular formula is C39H45O6S+. The van der Waals surface area contributed by atoms with Crippen molar-refractivity contribution in [3.63, 3.8) is 0 Å². The third kappa shape index (κ3) is 8.07. The molecule has 0 bridgehead atoms. The number of hydrogen-bond acceptors (Lipinski definition) is 6. The largest absolute Gasteiger partial charge is 0.423 e. The van der Waals surface area contributed by atoms with Crippen LogP contribution in [0.3, 0.4) is 0 Å². The van der Waals surface area contributed by atoms with Gasteiger partial charge in [0.2, 0.25) is 0 Å². The minimum atomic E-state index is -0.626. The standard InChI is InChI=1S/C39H45O6S/c1-13-22(4)37(40)43-34-25(7)16-31(17-26(34)8)46(32-18-27(9)35(28(10)19-32)44-38(41)23(5)14-2)33-20-29(11)36(30(12)21-33)45-39(42)24(6)15-3/h13-21H,1-12H3/q+1/b22-13+,23-14+,24-15+. The molecule has 3 aromatic rings. The van der Waals surface area contributed by atoms with Gasteiger partial charge in [0.05, 0.1) is 10.9 Å². The molecule has 0 aliphatic heterocycles. The summed E-state index contributed by atoms with van der Waals surface area (Å²) in [4.78, 5) is 41.0. The number of aryl methyl sites for hydroxylation is 6. The second-order valence-corrected chi connectivity index (χ2v) is 13.6. The zero-order valence-corrected chi connectivity index (χ0v) is 29.9. The van der Waals surface area contributed by atoms with Crippen LogP contribution in [0, 0.1) is 41.5 Å². The van der Waals surface area contributed by atoms with E-state index in [2.05, 4.69) is 36.4 Å². The van der Waals surface area contributed by atoms with Crippen molar-refractivity contribution in [3.8, 4) is 17.2 Å². The molecule has 6 nitrogen and oxygen atoms in total. The quantitative estimate of drug-likeness (QED) is 0.100. The number of benzene rings is 3. The molecular weight excluding hydrogens is 596 g/mol. The lowest BCUT2D eigenvalue weighted by Gasteiger charge is -2.17. The number of hydrogen-bond donors (Lipinski definition) is 0. The van der Waals surface area contributed by atoms with Crippen LogP contribution in [0.5, 0.6) is 17.2 Å². The minimum Gasteiger partial charge on any atom is -0.423 e. The van der Waals surface area contributed by atoms with Gasteiger partial charge in [-0.05, 0) is 116 Å². The minimum absolute atomic E-state index is 0.380. The fourth-order valence-corrected chi connectivity index (χ4v) is 7.43. The molecule has 3 aromatic carbocycles. The van der Waals surface area contributed by atoms with Gasteiger partial charge in [-0.3, -0.25) is 0 Å². The number of carbonyl (C=O) groups is 3. The van der Waals surface area contributed by atoms with Crippen molar-refractivity contribution < 1.29 is 28.6 Å². The van der Waals surface area contributed by atoms with E-state index in [0.29, 0.717) is 34.0 Å². The van der Waals surface area contributed by atoms with Crippen LogP contribution in [0.2, 0.25) is 0 Å². The number of ether oxygens (including phenoxy) is 3. The lowest BCUT2D eigenvalue weighted by atomic mass is 10.1. The van der Waals surface area contributed by atoms with Crippen LogP contribution in [0.15, 0.2) is 86.0 Å². The molecule has 0 N–H and O–H groups in total. The first-order valence-corrected chi connectivity index (χ1v) is 16.5. The molecule has 0 unspecified atom stereocenters. The van der Waals surface area contributed by atoms with Gasteiger partial charge in [-0.2, -0.15) is 0 Å². The van der Waals surface area contributed by atoms with Gasteiger partial charge in [-0.1, -0.05) is 18.2 Å². The van der Waals surface area contributed by atoms with Gasteiger partial charge >= 0.3 is 17.9 Å². The maximum Gasteiger partial charge on any atom is 0.338 e. The summed E-state index contributed by atoms with van der Waals surface area (Å²) >= 11 is 0. The summed E-state index contributed by atoms with van der Waals surface area (Å²) < 4.78 is 17.4.